The maximum atomic E-state index is 12.2. The number of likely N-dealkylation sites (tertiary alicyclic amines) is 1. The van der Waals surface area contributed by atoms with Crippen LogP contribution in [0.1, 0.15) is 41.5 Å². The van der Waals surface area contributed by atoms with E-state index in [4.69, 9.17) is 14.2 Å². The van der Waals surface area contributed by atoms with Crippen molar-refractivity contribution in [2.75, 3.05) is 13.7 Å². The van der Waals surface area contributed by atoms with Crippen LogP contribution in [0.4, 0.5) is 4.79 Å². The van der Waals surface area contributed by atoms with Crippen molar-refractivity contribution in [3.05, 3.63) is 11.6 Å². The Balaban J connectivity index is 2.85. The average molecular weight is 313 g/mol. The van der Waals surface area contributed by atoms with E-state index in [0.29, 0.717) is 0 Å². The number of nitrogens with zero attached hydrogens (tertiary/aromatic N) is 1. The Morgan fingerprint density at radius 3 is 2.41 bits per heavy atom. The fraction of sp³-hybridized carbons (Fsp3) is 0.750. The Bertz CT molecular complexity index is 451. The zero-order chi connectivity index (χ0) is 17.1. The first-order valence-electron chi connectivity index (χ1n) is 7.47. The number of carbonyl (C=O) groups is 2. The van der Waals surface area contributed by atoms with Gasteiger partial charge in [-0.25, -0.2) is 9.69 Å². The van der Waals surface area contributed by atoms with Crippen LogP contribution in [-0.2, 0) is 19.0 Å². The van der Waals surface area contributed by atoms with Crippen LogP contribution in [-0.4, -0.2) is 48.5 Å². The fourth-order valence-electron chi connectivity index (χ4n) is 1.98. The molecule has 1 rings (SSSR count). The van der Waals surface area contributed by atoms with Crippen molar-refractivity contribution in [1.82, 2.24) is 4.90 Å². The Labute approximate surface area is 132 Å². The summed E-state index contributed by atoms with van der Waals surface area (Å²) in [6.07, 6.45) is 0.460. The molecule has 2 atom stereocenters. The largest absolute Gasteiger partial charge is 0.449 e. The zero-order valence-electron chi connectivity index (χ0n) is 14.5. The molecule has 0 saturated carbocycles. The summed E-state index contributed by atoms with van der Waals surface area (Å²) in [5.41, 5.74) is 0.989. The first kappa shape index (κ1) is 18.6. The molecule has 1 fully saturated rings. The quantitative estimate of drug-likeness (QED) is 0.428. The molecule has 1 aliphatic rings. The number of ether oxygens (including phenoxy) is 3. The number of hydrogen-bond donors (Lipinski definition) is 0. The van der Waals surface area contributed by atoms with Gasteiger partial charge in [-0.1, -0.05) is 25.5 Å². The lowest BCUT2D eigenvalue weighted by Crippen LogP contribution is -2.68. The molecule has 0 radical (unpaired) electrons. The van der Waals surface area contributed by atoms with Gasteiger partial charge in [0.25, 0.3) is 5.91 Å². The van der Waals surface area contributed by atoms with Crippen LogP contribution in [0.25, 0.3) is 0 Å². The van der Waals surface area contributed by atoms with Crippen LogP contribution in [0.2, 0.25) is 0 Å². The number of β-lactam (4-membered cyclic amide) rings is 1. The maximum Gasteiger partial charge on any atom is 0.417 e. The van der Waals surface area contributed by atoms with Crippen molar-refractivity contribution in [1.29, 1.82) is 0 Å². The van der Waals surface area contributed by atoms with Gasteiger partial charge in [0, 0.05) is 7.11 Å². The molecule has 1 aliphatic heterocycles. The van der Waals surface area contributed by atoms with Crippen LogP contribution in [0.5, 0.6) is 0 Å². The molecule has 22 heavy (non-hydrogen) atoms. The van der Waals surface area contributed by atoms with Gasteiger partial charge in [0.15, 0.2) is 11.9 Å². The highest BCUT2D eigenvalue weighted by Crippen LogP contribution is 2.30. The van der Waals surface area contributed by atoms with Crippen molar-refractivity contribution in [2.24, 2.45) is 5.92 Å². The van der Waals surface area contributed by atoms with Gasteiger partial charge in [-0.15, -0.1) is 0 Å². The average Bonchev–Trinajstić information content (AvgIpc) is 2.42. The first-order valence-corrected chi connectivity index (χ1v) is 7.47. The van der Waals surface area contributed by atoms with Gasteiger partial charge in [0.2, 0.25) is 0 Å². The van der Waals surface area contributed by atoms with E-state index in [-0.39, 0.29) is 12.5 Å². The van der Waals surface area contributed by atoms with Crippen molar-refractivity contribution in [3.63, 3.8) is 0 Å². The molecule has 126 valence electrons. The van der Waals surface area contributed by atoms with Gasteiger partial charge < -0.3 is 14.2 Å². The molecule has 2 amide bonds. The van der Waals surface area contributed by atoms with E-state index in [9.17, 15) is 9.59 Å². The summed E-state index contributed by atoms with van der Waals surface area (Å²) >= 11 is 0. The number of hydrogen-bond acceptors (Lipinski definition) is 5. The summed E-state index contributed by atoms with van der Waals surface area (Å²) in [4.78, 5) is 25.4. The number of carbonyl (C=O) groups excluding carboxylic acids is 2. The van der Waals surface area contributed by atoms with Crippen molar-refractivity contribution >= 4 is 12.0 Å². The zero-order valence-corrected chi connectivity index (χ0v) is 14.5. The van der Waals surface area contributed by atoms with Gasteiger partial charge in [-0.3, -0.25) is 4.79 Å². The molecular weight excluding hydrogens is 286 g/mol. The van der Waals surface area contributed by atoms with Crippen molar-refractivity contribution in [2.45, 2.75) is 59.5 Å². The second kappa shape index (κ2) is 7.24. The van der Waals surface area contributed by atoms with Crippen molar-refractivity contribution in [3.8, 4) is 0 Å². The van der Waals surface area contributed by atoms with E-state index in [0.717, 1.165) is 10.5 Å². The second-order valence-corrected chi connectivity index (χ2v) is 6.56. The topological polar surface area (TPSA) is 65.1 Å². The maximum absolute atomic E-state index is 12.2. The lowest BCUT2D eigenvalue weighted by molar-refractivity contribution is -0.246. The van der Waals surface area contributed by atoms with Gasteiger partial charge in [0.1, 0.15) is 0 Å². The third-order valence-corrected chi connectivity index (χ3v) is 3.23. The third kappa shape index (κ3) is 4.55. The molecule has 0 unspecified atom stereocenters. The van der Waals surface area contributed by atoms with Gasteiger partial charge in [-0.05, 0) is 33.6 Å². The summed E-state index contributed by atoms with van der Waals surface area (Å²) < 4.78 is 16.0. The monoisotopic (exact) mass is 313 g/mol. The molecule has 1 saturated heterocycles. The summed E-state index contributed by atoms with van der Waals surface area (Å²) in [5.74, 6) is -1.09. The molecule has 0 N–H and O–H groups in total. The van der Waals surface area contributed by atoms with Gasteiger partial charge in [-0.2, -0.15) is 0 Å². The summed E-state index contributed by atoms with van der Waals surface area (Å²) in [6, 6.07) is -0.466. The van der Waals surface area contributed by atoms with Crippen LogP contribution >= 0.6 is 0 Å². The Kier molecular flexibility index (Phi) is 6.14. The third-order valence-electron chi connectivity index (χ3n) is 3.23. The Morgan fingerprint density at radius 1 is 1.36 bits per heavy atom. The lowest BCUT2D eigenvalue weighted by atomic mass is 9.96. The molecule has 6 nitrogen and oxygen atoms in total. The predicted octanol–water partition coefficient (Wildman–Crippen LogP) is 2.72. The van der Waals surface area contributed by atoms with Crippen LogP contribution < -0.4 is 0 Å². The number of rotatable bonds is 6. The Morgan fingerprint density at radius 2 is 1.95 bits per heavy atom. The number of amides is 2. The van der Waals surface area contributed by atoms with Crippen LogP contribution in [0.3, 0.4) is 0 Å². The summed E-state index contributed by atoms with van der Waals surface area (Å²) in [6.45, 7) is 11.4. The number of allylic oxidation sites excluding steroid dienone is 1. The van der Waals surface area contributed by atoms with E-state index in [2.05, 4.69) is 0 Å². The Hall–Kier alpha value is -1.40. The summed E-state index contributed by atoms with van der Waals surface area (Å²) in [5, 5.41) is 0. The normalized spacial score (nSPS) is 21.6. The number of methoxy groups -OCH3 is 1. The minimum atomic E-state index is -0.901. The van der Waals surface area contributed by atoms with Crippen LogP contribution in [0.15, 0.2) is 11.6 Å². The lowest BCUT2D eigenvalue weighted by Gasteiger charge is -2.45. The molecule has 6 heteroatoms. The molecule has 0 aromatic heterocycles. The van der Waals surface area contributed by atoms with Crippen molar-refractivity contribution < 1.29 is 23.8 Å². The van der Waals surface area contributed by atoms with E-state index in [1.54, 1.807) is 13.8 Å². The summed E-state index contributed by atoms with van der Waals surface area (Å²) in [7, 11) is 1.51. The standard InChI is InChI=1S/C16H27NO5/c1-10(2)8-12-13(22-16(5,6)20-7)14(18)17(12)15(19)21-9-11(3)4/h8,11-13H,9H2,1-7H3/t12-,13+/m0/s1. The molecular formula is C16H27NO5. The van der Waals surface area contributed by atoms with Crippen LogP contribution in [0, 0.1) is 5.92 Å². The van der Waals surface area contributed by atoms with E-state index in [1.807, 2.05) is 33.8 Å². The molecule has 0 spiro atoms. The molecule has 0 aliphatic carbocycles. The molecule has 0 aromatic carbocycles. The molecule has 0 aromatic rings. The predicted molar refractivity (Wildman–Crippen MR) is 82.2 cm³/mol. The molecule has 0 bridgehead atoms. The van der Waals surface area contributed by atoms with Gasteiger partial charge in [0.05, 0.1) is 12.6 Å². The van der Waals surface area contributed by atoms with E-state index < -0.39 is 29.9 Å². The smallest absolute Gasteiger partial charge is 0.417 e. The fourth-order valence-corrected chi connectivity index (χ4v) is 1.98. The van der Waals surface area contributed by atoms with Gasteiger partial charge >= 0.3 is 6.09 Å². The highest BCUT2D eigenvalue weighted by molar-refractivity contribution is 6.01. The second-order valence-electron chi connectivity index (χ2n) is 6.56. The van der Waals surface area contributed by atoms with E-state index >= 15 is 0 Å². The van der Waals surface area contributed by atoms with E-state index in [1.165, 1.54) is 7.11 Å². The minimum absolute atomic E-state index is 0.210. The minimum Gasteiger partial charge on any atom is -0.449 e. The first-order chi connectivity index (χ1) is 10.1. The number of imide groups is 1. The SMILES string of the molecule is COC(C)(C)O[C@H]1C(=O)N(C(=O)OCC(C)C)[C@H]1C=C(C)C. The highest BCUT2D eigenvalue weighted by Gasteiger charge is 2.53. The highest BCUT2D eigenvalue weighted by atomic mass is 16.7. The molecule has 1 heterocycles.